The maximum atomic E-state index is 5.57. The number of aromatic nitrogens is 3. The first-order valence-corrected chi connectivity index (χ1v) is 6.43. The van der Waals surface area contributed by atoms with Crippen LogP contribution in [-0.4, -0.2) is 22.0 Å². The van der Waals surface area contributed by atoms with Gasteiger partial charge >= 0.3 is 0 Å². The number of aryl methyl sites for hydroxylation is 1. The summed E-state index contributed by atoms with van der Waals surface area (Å²) in [6.07, 6.45) is 4.52. The zero-order chi connectivity index (χ0) is 13.1. The molecule has 4 N–H and O–H groups in total. The van der Waals surface area contributed by atoms with Crippen molar-refractivity contribution in [3.63, 3.8) is 0 Å². The molecule has 1 aliphatic heterocycles. The molecule has 0 amide bonds. The lowest BCUT2D eigenvalue weighted by Gasteiger charge is -2.13. The van der Waals surface area contributed by atoms with Crippen LogP contribution in [0.1, 0.15) is 29.3 Å². The summed E-state index contributed by atoms with van der Waals surface area (Å²) in [5, 5.41) is 10.5. The normalized spacial score (nSPS) is 15.0. The molecule has 1 unspecified atom stereocenters. The van der Waals surface area contributed by atoms with Crippen LogP contribution in [0.15, 0.2) is 24.4 Å². The third-order valence-electron chi connectivity index (χ3n) is 3.47. The predicted molar refractivity (Wildman–Crippen MR) is 70.4 cm³/mol. The fourth-order valence-corrected chi connectivity index (χ4v) is 2.40. The highest BCUT2D eigenvalue weighted by Gasteiger charge is 2.15. The van der Waals surface area contributed by atoms with Crippen LogP contribution in [0.4, 0.5) is 0 Å². The molecule has 0 aliphatic carbocycles. The number of nitrogens with two attached hydrogens (primary N) is 1. The van der Waals surface area contributed by atoms with E-state index in [4.69, 9.17) is 10.6 Å². The highest BCUT2D eigenvalue weighted by Crippen LogP contribution is 2.27. The summed E-state index contributed by atoms with van der Waals surface area (Å²) < 4.78 is 5.50. The molecule has 0 radical (unpaired) electrons. The Balaban J connectivity index is 1.65. The number of fused-ring (bicyclic) bond motifs is 1. The number of rotatable bonds is 5. The summed E-state index contributed by atoms with van der Waals surface area (Å²) in [5.41, 5.74) is 6.22. The highest BCUT2D eigenvalue weighted by atomic mass is 16.5. The summed E-state index contributed by atoms with van der Waals surface area (Å²) in [6.45, 7) is 0.796. The summed E-state index contributed by atoms with van der Waals surface area (Å²) in [7, 11) is 0. The molecule has 1 aliphatic rings. The van der Waals surface area contributed by atoms with Gasteiger partial charge in [0.2, 0.25) is 0 Å². The van der Waals surface area contributed by atoms with E-state index >= 15 is 0 Å². The fraction of sp³-hybridized carbons (Fsp3) is 0.385. The van der Waals surface area contributed by atoms with Crippen molar-refractivity contribution in [3.05, 3.63) is 41.2 Å². The Kier molecular flexibility index (Phi) is 3.43. The van der Waals surface area contributed by atoms with Gasteiger partial charge in [0, 0.05) is 6.42 Å². The van der Waals surface area contributed by atoms with Crippen LogP contribution >= 0.6 is 0 Å². The highest BCUT2D eigenvalue weighted by molar-refractivity contribution is 5.39. The Morgan fingerprint density at radius 1 is 1.47 bits per heavy atom. The van der Waals surface area contributed by atoms with Crippen molar-refractivity contribution in [1.82, 2.24) is 20.8 Å². The lowest BCUT2D eigenvalue weighted by atomic mass is 10.0. The van der Waals surface area contributed by atoms with E-state index in [0.29, 0.717) is 0 Å². The minimum absolute atomic E-state index is 0.0169. The SMILES string of the molecule is NNC(CCc1ccc2c(c1)CCO2)c1cn[nH]n1. The minimum Gasteiger partial charge on any atom is -0.493 e. The zero-order valence-electron chi connectivity index (χ0n) is 10.6. The van der Waals surface area contributed by atoms with Gasteiger partial charge in [0.25, 0.3) is 0 Å². The van der Waals surface area contributed by atoms with Gasteiger partial charge in [-0.05, 0) is 30.0 Å². The van der Waals surface area contributed by atoms with E-state index in [1.54, 1.807) is 6.20 Å². The van der Waals surface area contributed by atoms with Crippen molar-refractivity contribution >= 4 is 0 Å². The summed E-state index contributed by atoms with van der Waals surface area (Å²) >= 11 is 0. The van der Waals surface area contributed by atoms with Crippen molar-refractivity contribution in [2.45, 2.75) is 25.3 Å². The molecule has 0 spiro atoms. The lowest BCUT2D eigenvalue weighted by molar-refractivity contribution is 0.357. The largest absolute Gasteiger partial charge is 0.493 e. The average Bonchev–Trinajstić information content (AvgIpc) is 3.10. The van der Waals surface area contributed by atoms with Gasteiger partial charge in [-0.3, -0.25) is 11.3 Å². The van der Waals surface area contributed by atoms with Crippen molar-refractivity contribution in [3.8, 4) is 5.75 Å². The standard InChI is InChI=1S/C13H17N5O/c14-16-11(12-8-15-18-17-12)3-1-9-2-4-13-10(7-9)5-6-19-13/h2,4,7-8,11,16H,1,3,5-6,14H2,(H,15,17,18). The number of H-pyrrole nitrogens is 1. The average molecular weight is 259 g/mol. The Morgan fingerprint density at radius 2 is 2.42 bits per heavy atom. The van der Waals surface area contributed by atoms with Crippen LogP contribution in [0, 0.1) is 0 Å². The van der Waals surface area contributed by atoms with Crippen molar-refractivity contribution < 1.29 is 4.74 Å². The van der Waals surface area contributed by atoms with Gasteiger partial charge in [-0.2, -0.15) is 15.4 Å². The molecule has 2 aromatic rings. The molecule has 0 saturated carbocycles. The zero-order valence-corrected chi connectivity index (χ0v) is 10.6. The maximum absolute atomic E-state index is 5.57. The van der Waals surface area contributed by atoms with E-state index in [1.165, 1.54) is 11.1 Å². The predicted octanol–water partition coefficient (Wildman–Crippen LogP) is 0.877. The Labute approximate surface area is 111 Å². The summed E-state index contributed by atoms with van der Waals surface area (Å²) in [5.74, 6) is 6.59. The number of ether oxygens (including phenoxy) is 1. The first-order valence-electron chi connectivity index (χ1n) is 6.43. The number of hydrazine groups is 1. The molecule has 1 aromatic heterocycles. The fourth-order valence-electron chi connectivity index (χ4n) is 2.40. The van der Waals surface area contributed by atoms with Gasteiger partial charge in [0.05, 0.1) is 18.8 Å². The molecule has 2 heterocycles. The quantitative estimate of drug-likeness (QED) is 0.548. The van der Waals surface area contributed by atoms with Gasteiger partial charge < -0.3 is 4.74 Å². The summed E-state index contributed by atoms with van der Waals surface area (Å²) in [6, 6.07) is 6.40. The molecule has 6 nitrogen and oxygen atoms in total. The van der Waals surface area contributed by atoms with Gasteiger partial charge in [0.15, 0.2) is 0 Å². The lowest BCUT2D eigenvalue weighted by Crippen LogP contribution is -2.28. The molecule has 0 bridgehead atoms. The molecular weight excluding hydrogens is 242 g/mol. The van der Waals surface area contributed by atoms with Crippen LogP contribution in [0.5, 0.6) is 5.75 Å². The maximum Gasteiger partial charge on any atom is 0.122 e. The van der Waals surface area contributed by atoms with E-state index in [0.717, 1.165) is 37.3 Å². The number of aromatic amines is 1. The first-order chi connectivity index (χ1) is 9.36. The summed E-state index contributed by atoms with van der Waals surface area (Å²) in [4.78, 5) is 0. The van der Waals surface area contributed by atoms with E-state index < -0.39 is 0 Å². The van der Waals surface area contributed by atoms with Crippen LogP contribution < -0.4 is 16.0 Å². The molecular formula is C13H17N5O. The number of benzene rings is 1. The molecule has 19 heavy (non-hydrogen) atoms. The molecule has 0 fully saturated rings. The number of nitrogens with zero attached hydrogens (tertiary/aromatic N) is 2. The van der Waals surface area contributed by atoms with Crippen molar-refractivity contribution in [2.75, 3.05) is 6.61 Å². The second kappa shape index (κ2) is 5.38. The molecule has 3 rings (SSSR count). The Hall–Kier alpha value is -1.92. The van der Waals surface area contributed by atoms with E-state index in [2.05, 4.69) is 39.0 Å². The number of nitrogens with one attached hydrogen (secondary N) is 2. The van der Waals surface area contributed by atoms with E-state index in [-0.39, 0.29) is 6.04 Å². The molecule has 1 atom stereocenters. The molecule has 1 aromatic carbocycles. The van der Waals surface area contributed by atoms with Crippen molar-refractivity contribution in [2.24, 2.45) is 5.84 Å². The second-order valence-corrected chi connectivity index (χ2v) is 4.69. The Bertz CT molecular complexity index is 540. The molecule has 100 valence electrons. The second-order valence-electron chi connectivity index (χ2n) is 4.69. The van der Waals surface area contributed by atoms with Crippen LogP contribution in [0.2, 0.25) is 0 Å². The topological polar surface area (TPSA) is 88.9 Å². The monoisotopic (exact) mass is 259 g/mol. The van der Waals surface area contributed by atoms with Gasteiger partial charge in [-0.25, -0.2) is 0 Å². The third-order valence-corrected chi connectivity index (χ3v) is 3.47. The number of hydrogen-bond donors (Lipinski definition) is 3. The number of hydrogen-bond acceptors (Lipinski definition) is 5. The van der Waals surface area contributed by atoms with E-state index in [1.807, 2.05) is 0 Å². The van der Waals surface area contributed by atoms with Gasteiger partial charge in [-0.15, -0.1) is 0 Å². The molecule has 6 heteroatoms. The van der Waals surface area contributed by atoms with Crippen LogP contribution in [-0.2, 0) is 12.8 Å². The van der Waals surface area contributed by atoms with Gasteiger partial charge in [0.1, 0.15) is 11.4 Å². The minimum atomic E-state index is 0.0169. The first kappa shape index (κ1) is 12.1. The smallest absolute Gasteiger partial charge is 0.122 e. The van der Waals surface area contributed by atoms with Crippen molar-refractivity contribution in [1.29, 1.82) is 0 Å². The Morgan fingerprint density at radius 3 is 3.21 bits per heavy atom. The van der Waals surface area contributed by atoms with E-state index in [9.17, 15) is 0 Å². The van der Waals surface area contributed by atoms with Crippen LogP contribution in [0.3, 0.4) is 0 Å². The van der Waals surface area contributed by atoms with Gasteiger partial charge in [-0.1, -0.05) is 12.1 Å². The third kappa shape index (κ3) is 2.59. The molecule has 0 saturated heterocycles. The van der Waals surface area contributed by atoms with Crippen LogP contribution in [0.25, 0.3) is 0 Å².